The van der Waals surface area contributed by atoms with Gasteiger partial charge in [-0.2, -0.15) is 0 Å². The molecule has 0 aliphatic carbocycles. The van der Waals surface area contributed by atoms with E-state index in [1.165, 1.54) is 57.8 Å². The molecule has 37 nitrogen and oxygen atoms in total. The number of alkyl halides is 1. The number of carbonyl (C=O) groups excluding carboxylic acids is 13. The van der Waals surface area contributed by atoms with Crippen molar-refractivity contribution in [2.45, 2.75) is 427 Å². The standard InChI is InChI=1S/C16H25N3O5.2C13H20N2O4.C13H25NO2.C12H22N2O3.C9H17NO2.C7H15N.C6H11BrO2.C3H7NO2/c1-11-4-3-5-12(2)18(11)10-13(20)17-9-8-16(23)24-19-14(21)6-7-15(19)22;2*1-9-4-3-5-10(2)14(9)8-13(18)19-15-11(16)6-7-12(15)17;1-10-7-6-8-11(2)14(10)9-12(15)16-13(3,4)5;1-9-4-3-5-10(2)14(9)8-11(15)13-7-6-12(16)17;1-7-4-3-5-8(2)10(7)6-9(11)12;1-6-4-3-5-7(2)8-6;1-6(2,3)9-5(8)4-7;4-2-1-3(5)6/h11-12H,3-10H2,1-2H3,(H,17,20);2*9-10H,3-8H2,1-2H3;10-11H,6-9H2,1-5H3;9-10H,3-8H2,1-2H3,(H,13,15)(H,16,17);7-8H,3-6H2,1-2H3,(H,11,12);6-8H,3-5H2,1-2H3;4H2,1-3H3;1-2,4H2,(H,5,6). The quantitative estimate of drug-likeness (QED) is 0.0268. The number of amides is 8. The van der Waals surface area contributed by atoms with Crippen molar-refractivity contribution >= 4 is 111 Å². The van der Waals surface area contributed by atoms with Crippen molar-refractivity contribution in [2.24, 2.45) is 5.73 Å². The van der Waals surface area contributed by atoms with Crippen LogP contribution in [0.5, 0.6) is 0 Å². The van der Waals surface area contributed by atoms with Crippen LogP contribution >= 0.6 is 15.9 Å². The van der Waals surface area contributed by atoms with Crippen LogP contribution in [-0.4, -0.2) is 315 Å². The molecule has 0 aromatic heterocycles. The van der Waals surface area contributed by atoms with Crippen molar-refractivity contribution in [1.82, 2.24) is 60.5 Å². The number of imide groups is 3. The summed E-state index contributed by atoms with van der Waals surface area (Å²) in [6, 6.07) is 6.28. The highest BCUT2D eigenvalue weighted by Crippen LogP contribution is 2.29. The third kappa shape index (κ3) is 48.3. The number of likely N-dealkylation sites (tertiary alicyclic amines) is 6. The smallest absolute Gasteiger partial charge is 0.347 e. The third-order valence-electron chi connectivity index (χ3n) is 24.2. The second-order valence-electron chi connectivity index (χ2n) is 38.1. The molecule has 10 aliphatic heterocycles. The van der Waals surface area contributed by atoms with E-state index in [-0.39, 0.29) is 137 Å². The van der Waals surface area contributed by atoms with Gasteiger partial charge in [0.25, 0.3) is 35.4 Å². The fourth-order valence-corrected chi connectivity index (χ4v) is 17.1. The van der Waals surface area contributed by atoms with Crippen LogP contribution in [0.1, 0.15) is 331 Å². The number of carbonyl (C=O) groups is 16. The monoisotopic (exact) mass is 1910 g/mol. The molecule has 10 heterocycles. The summed E-state index contributed by atoms with van der Waals surface area (Å²) in [6.07, 6.45) is 25.3. The van der Waals surface area contributed by atoms with Crippen LogP contribution in [0.4, 0.5) is 0 Å². The number of ether oxygens (including phenoxy) is 2. The van der Waals surface area contributed by atoms with E-state index in [4.69, 9.17) is 45.0 Å². The van der Waals surface area contributed by atoms with Crippen molar-refractivity contribution in [3.63, 3.8) is 0 Å². The van der Waals surface area contributed by atoms with Crippen LogP contribution < -0.4 is 21.7 Å². The minimum absolute atomic E-state index is 0.0170. The van der Waals surface area contributed by atoms with Gasteiger partial charge in [-0.05, 0) is 228 Å². The summed E-state index contributed by atoms with van der Waals surface area (Å²) in [5, 5.41) is 35.8. The van der Waals surface area contributed by atoms with Gasteiger partial charge >= 0.3 is 47.8 Å². The first-order chi connectivity index (χ1) is 60.8. The molecule has 0 aromatic rings. The number of carboxylic acids is 3. The molecule has 746 valence electrons. The summed E-state index contributed by atoms with van der Waals surface area (Å²) in [5.41, 5.74) is 4.12. The summed E-state index contributed by atoms with van der Waals surface area (Å²) in [4.78, 5) is 207. The van der Waals surface area contributed by atoms with Crippen molar-refractivity contribution in [3.8, 4) is 0 Å². The molecule has 10 aliphatic rings. The highest BCUT2D eigenvalue weighted by atomic mass is 79.9. The van der Waals surface area contributed by atoms with Gasteiger partial charge in [0.15, 0.2) is 0 Å². The first kappa shape index (κ1) is 118. The number of aliphatic carboxylic acids is 3. The van der Waals surface area contributed by atoms with Crippen LogP contribution in [0.25, 0.3) is 0 Å². The number of rotatable bonds is 24. The van der Waals surface area contributed by atoms with E-state index < -0.39 is 71.3 Å². The van der Waals surface area contributed by atoms with Gasteiger partial charge in [-0.25, -0.2) is 14.4 Å². The Bertz CT molecular complexity index is 3400. The number of piperidine rings is 7. The molecule has 0 saturated carbocycles. The fourth-order valence-electron chi connectivity index (χ4n) is 17.0. The van der Waals surface area contributed by atoms with Crippen LogP contribution in [-0.2, 0) is 101 Å². The van der Waals surface area contributed by atoms with Gasteiger partial charge in [0, 0.05) is 143 Å². The highest BCUT2D eigenvalue weighted by Gasteiger charge is 2.39. The first-order valence-electron chi connectivity index (χ1n) is 47.2. The number of carboxylic acid groups (broad SMARTS) is 3. The molecule has 0 spiro atoms. The number of hydrogen-bond donors (Lipinski definition) is 7. The Balaban J connectivity index is 0.000000507. The Morgan fingerprint density at radius 2 is 0.562 bits per heavy atom. The number of hydroxylamine groups is 6. The minimum Gasteiger partial charge on any atom is -0.481 e. The van der Waals surface area contributed by atoms with E-state index in [0.29, 0.717) is 107 Å². The van der Waals surface area contributed by atoms with Gasteiger partial charge in [-0.3, -0.25) is 91.7 Å². The van der Waals surface area contributed by atoms with E-state index in [9.17, 15) is 76.7 Å². The Morgan fingerprint density at radius 1 is 0.331 bits per heavy atom. The maximum atomic E-state index is 12.0. The summed E-state index contributed by atoms with van der Waals surface area (Å²) in [5.74, 6) is -7.51. The molecule has 14 unspecified atom stereocenters. The van der Waals surface area contributed by atoms with Gasteiger partial charge in [0.1, 0.15) is 16.5 Å². The van der Waals surface area contributed by atoms with Gasteiger partial charge in [0.05, 0.1) is 58.5 Å². The van der Waals surface area contributed by atoms with Crippen LogP contribution in [0.3, 0.4) is 0 Å². The summed E-state index contributed by atoms with van der Waals surface area (Å²) in [6.45, 7) is 43.3. The number of esters is 2. The number of nitrogens with one attached hydrogen (secondary N) is 3. The number of hydrogen-bond acceptors (Lipinski definition) is 29. The van der Waals surface area contributed by atoms with E-state index in [2.05, 4.69) is 158 Å². The van der Waals surface area contributed by atoms with E-state index >= 15 is 0 Å². The average molecular weight is 1910 g/mol. The third-order valence-corrected chi connectivity index (χ3v) is 24.7. The summed E-state index contributed by atoms with van der Waals surface area (Å²) >= 11 is 2.99. The van der Waals surface area contributed by atoms with E-state index in [1.807, 2.05) is 41.5 Å². The van der Waals surface area contributed by atoms with Gasteiger partial charge < -0.3 is 61.0 Å². The second-order valence-corrected chi connectivity index (χ2v) is 38.6. The summed E-state index contributed by atoms with van der Waals surface area (Å²) in [7, 11) is 0. The van der Waals surface area contributed by atoms with Gasteiger partial charge in [-0.15, -0.1) is 15.2 Å². The zero-order valence-electron chi connectivity index (χ0n) is 81.8. The Labute approximate surface area is 780 Å². The molecule has 14 atom stereocenters. The van der Waals surface area contributed by atoms with E-state index in [0.717, 1.165) is 89.1 Å². The molecule has 0 radical (unpaired) electrons. The number of nitrogens with two attached hydrogens (primary N) is 1. The highest BCUT2D eigenvalue weighted by molar-refractivity contribution is 9.09. The molecule has 38 heteroatoms. The molecule has 8 amide bonds. The zero-order chi connectivity index (χ0) is 98.5. The lowest BCUT2D eigenvalue weighted by atomic mass is 9.97. The number of halogens is 1. The molecule has 0 bridgehead atoms. The molecule has 10 fully saturated rings. The lowest BCUT2D eigenvalue weighted by Gasteiger charge is -2.38. The Kier molecular flexibility index (Phi) is 55.7. The Morgan fingerprint density at radius 3 is 0.777 bits per heavy atom. The predicted molar refractivity (Wildman–Crippen MR) is 492 cm³/mol. The second kappa shape index (κ2) is 61.2. The molecule has 0 aromatic carbocycles. The molecule has 10 rings (SSSR count). The van der Waals surface area contributed by atoms with Gasteiger partial charge in [-0.1, -0.05) is 60.9 Å². The lowest BCUT2D eigenvalue weighted by Crippen LogP contribution is -2.48. The minimum atomic E-state index is -0.884. The van der Waals surface area contributed by atoms with Crippen molar-refractivity contribution < 1.29 is 116 Å². The van der Waals surface area contributed by atoms with Crippen molar-refractivity contribution in [2.75, 3.05) is 64.2 Å². The molecule has 10 saturated heterocycles. The molecular weight excluding hydrogens is 1750 g/mol. The van der Waals surface area contributed by atoms with Crippen molar-refractivity contribution in [1.29, 1.82) is 0 Å². The molecular formula is C92H162BrN13O24. The SMILES string of the molecule is CC(C)(C)OC(=O)CBr.CC1CCCC(C)N1.CC1CCCC(C)N1CC(=O)NCCC(=O)O.CC1CCCC(C)N1CC(=O)NCCC(=O)ON1C(=O)CCC1=O.CC1CCCC(C)N1CC(=O)O.CC1CCCC(C)N1CC(=O)OC(C)(C)C.CC1CCCC(C)N1CC(=O)ON1C(=O)CCC1=O.CC1CCCC(C)N1CC(=O)ON1C(=O)CCC1=O.NCCC(=O)O. The Hall–Kier alpha value is -7.72. The van der Waals surface area contributed by atoms with Crippen LogP contribution in [0.15, 0.2) is 0 Å². The van der Waals surface area contributed by atoms with Crippen molar-refractivity contribution in [3.05, 3.63) is 0 Å². The zero-order valence-corrected chi connectivity index (χ0v) is 83.3. The predicted octanol–water partition coefficient (Wildman–Crippen LogP) is 9.52. The average Bonchev–Trinajstić information content (AvgIpc) is 1.66. The first-order valence-corrected chi connectivity index (χ1v) is 48.3. The van der Waals surface area contributed by atoms with Crippen LogP contribution in [0.2, 0.25) is 0 Å². The van der Waals surface area contributed by atoms with Crippen LogP contribution in [0, 0.1) is 0 Å². The van der Waals surface area contributed by atoms with Gasteiger partial charge in [0.2, 0.25) is 11.8 Å². The lowest BCUT2D eigenvalue weighted by molar-refractivity contribution is -0.199. The maximum absolute atomic E-state index is 12.0. The largest absolute Gasteiger partial charge is 0.481 e. The molecule has 8 N–H and O–H groups in total. The topological polar surface area (TPSA) is 471 Å². The van der Waals surface area contributed by atoms with E-state index in [1.54, 1.807) is 0 Å². The maximum Gasteiger partial charge on any atom is 0.347 e. The fraction of sp³-hybridized carbons (Fsp3) is 0.826. The molecule has 130 heavy (non-hydrogen) atoms. The normalized spacial score (nSPS) is 26.3. The summed E-state index contributed by atoms with van der Waals surface area (Å²) < 4.78 is 10.3. The number of nitrogens with zero attached hydrogens (tertiary/aromatic N) is 9.